The summed E-state index contributed by atoms with van der Waals surface area (Å²) in [5.41, 5.74) is 0.866. The molecule has 0 amide bonds. The Labute approximate surface area is 123 Å². The fourth-order valence-electron chi connectivity index (χ4n) is 2.36. The second kappa shape index (κ2) is 6.78. The van der Waals surface area contributed by atoms with Crippen LogP contribution in [0.5, 0.6) is 0 Å². The maximum atomic E-state index is 8.89. The Hall–Kier alpha value is -1.79. The van der Waals surface area contributed by atoms with Gasteiger partial charge in [0.15, 0.2) is 0 Å². The van der Waals surface area contributed by atoms with Gasteiger partial charge in [-0.25, -0.2) is 0 Å². The van der Waals surface area contributed by atoms with Gasteiger partial charge in [0.25, 0.3) is 0 Å². The van der Waals surface area contributed by atoms with Crippen LogP contribution in [0.15, 0.2) is 29.0 Å². The van der Waals surface area contributed by atoms with Gasteiger partial charge in [0.2, 0.25) is 11.7 Å². The maximum absolute atomic E-state index is 8.89. The van der Waals surface area contributed by atoms with Crippen molar-refractivity contribution in [1.29, 1.82) is 0 Å². The van der Waals surface area contributed by atoms with Crippen LogP contribution >= 0.6 is 0 Å². The van der Waals surface area contributed by atoms with Crippen LogP contribution in [0.25, 0.3) is 11.4 Å². The van der Waals surface area contributed by atoms with Crippen molar-refractivity contribution in [2.75, 3.05) is 13.2 Å². The minimum absolute atomic E-state index is 0.254. The molecule has 1 aliphatic carbocycles. The van der Waals surface area contributed by atoms with Crippen molar-refractivity contribution in [2.24, 2.45) is 0 Å². The molecule has 1 aliphatic rings. The molecule has 2 aromatic rings. The summed E-state index contributed by atoms with van der Waals surface area (Å²) >= 11 is 0. The van der Waals surface area contributed by atoms with E-state index in [2.05, 4.69) is 20.0 Å². The van der Waals surface area contributed by atoms with Gasteiger partial charge in [-0.2, -0.15) is 4.98 Å². The molecular weight excluding hydrogens is 268 g/mol. The minimum atomic E-state index is 0.254. The second-order valence-electron chi connectivity index (χ2n) is 5.39. The number of hydrogen-bond donors (Lipinski definition) is 1. The van der Waals surface area contributed by atoms with Gasteiger partial charge in [0.05, 0.1) is 6.54 Å². The molecule has 0 saturated heterocycles. The lowest BCUT2D eigenvalue weighted by Crippen LogP contribution is -2.27. The molecule has 1 N–H and O–H groups in total. The first-order valence-corrected chi connectivity index (χ1v) is 7.44. The van der Waals surface area contributed by atoms with E-state index in [9.17, 15) is 0 Å². The summed E-state index contributed by atoms with van der Waals surface area (Å²) in [4.78, 5) is 10.9. The van der Waals surface area contributed by atoms with Crippen LogP contribution in [0.2, 0.25) is 0 Å². The molecule has 6 heteroatoms. The van der Waals surface area contributed by atoms with E-state index in [1.807, 2.05) is 12.1 Å². The lowest BCUT2D eigenvalue weighted by atomic mass is 10.3. The summed E-state index contributed by atoms with van der Waals surface area (Å²) in [5.74, 6) is 1.23. The summed E-state index contributed by atoms with van der Waals surface area (Å²) in [7, 11) is 0. The molecule has 2 aromatic heterocycles. The predicted octanol–water partition coefficient (Wildman–Crippen LogP) is 1.87. The van der Waals surface area contributed by atoms with E-state index in [0.717, 1.165) is 24.9 Å². The molecule has 0 aliphatic heterocycles. The Kier molecular flexibility index (Phi) is 4.57. The molecule has 1 saturated carbocycles. The second-order valence-corrected chi connectivity index (χ2v) is 5.39. The molecule has 2 heterocycles. The van der Waals surface area contributed by atoms with Gasteiger partial charge < -0.3 is 9.63 Å². The Bertz CT molecular complexity index is 554. The lowest BCUT2D eigenvalue weighted by Gasteiger charge is -2.19. The summed E-state index contributed by atoms with van der Waals surface area (Å²) in [6, 6.07) is 4.41. The fraction of sp³-hybridized carbons (Fsp3) is 0.533. The first-order chi connectivity index (χ1) is 10.4. The molecule has 6 nitrogen and oxygen atoms in total. The minimum Gasteiger partial charge on any atom is -0.396 e. The van der Waals surface area contributed by atoms with Crippen LogP contribution < -0.4 is 0 Å². The number of aliphatic hydroxyl groups excluding tert-OH is 1. The fourth-order valence-corrected chi connectivity index (χ4v) is 2.36. The normalized spacial score (nSPS) is 14.8. The first kappa shape index (κ1) is 14.2. The van der Waals surface area contributed by atoms with E-state index in [1.165, 1.54) is 12.8 Å². The number of rotatable bonds is 8. The van der Waals surface area contributed by atoms with Crippen LogP contribution in [0.1, 0.15) is 31.6 Å². The predicted molar refractivity (Wildman–Crippen MR) is 77.3 cm³/mol. The highest BCUT2D eigenvalue weighted by Crippen LogP contribution is 2.28. The Morgan fingerprint density at radius 2 is 2.24 bits per heavy atom. The molecule has 112 valence electrons. The average Bonchev–Trinajstić information content (AvgIpc) is 3.27. The zero-order valence-corrected chi connectivity index (χ0v) is 12.0. The third kappa shape index (κ3) is 3.86. The number of unbranched alkanes of at least 4 members (excludes halogenated alkanes) is 1. The quantitative estimate of drug-likeness (QED) is 0.747. The van der Waals surface area contributed by atoms with E-state index >= 15 is 0 Å². The number of pyridine rings is 1. The van der Waals surface area contributed by atoms with Crippen molar-refractivity contribution >= 4 is 0 Å². The van der Waals surface area contributed by atoms with Gasteiger partial charge in [-0.15, -0.1) is 0 Å². The summed E-state index contributed by atoms with van der Waals surface area (Å²) in [5, 5.41) is 12.9. The highest BCUT2D eigenvalue weighted by molar-refractivity contribution is 5.51. The zero-order chi connectivity index (χ0) is 14.5. The molecule has 3 rings (SSSR count). The topological polar surface area (TPSA) is 75.3 Å². The van der Waals surface area contributed by atoms with Crippen molar-refractivity contribution < 1.29 is 9.63 Å². The van der Waals surface area contributed by atoms with Gasteiger partial charge in [-0.3, -0.25) is 9.88 Å². The highest BCUT2D eigenvalue weighted by atomic mass is 16.5. The Morgan fingerprint density at radius 1 is 1.33 bits per heavy atom. The van der Waals surface area contributed by atoms with E-state index in [4.69, 9.17) is 9.63 Å². The monoisotopic (exact) mass is 288 g/mol. The molecule has 1 fully saturated rings. The Balaban J connectivity index is 1.62. The van der Waals surface area contributed by atoms with Crippen molar-refractivity contribution in [3.05, 3.63) is 30.4 Å². The van der Waals surface area contributed by atoms with E-state index in [0.29, 0.717) is 24.3 Å². The third-order valence-electron chi connectivity index (χ3n) is 3.64. The van der Waals surface area contributed by atoms with Crippen LogP contribution in [0.3, 0.4) is 0 Å². The molecule has 0 radical (unpaired) electrons. The summed E-state index contributed by atoms with van der Waals surface area (Å²) in [6.45, 7) is 1.91. The highest BCUT2D eigenvalue weighted by Gasteiger charge is 2.29. The standard InChI is InChI=1S/C15H20N4O2/c20-9-2-1-8-19(13-5-6-13)11-14-17-15(18-21-14)12-4-3-7-16-10-12/h3-4,7,10,13,20H,1-2,5-6,8-9,11H2. The molecule has 0 bridgehead atoms. The van der Waals surface area contributed by atoms with Gasteiger partial charge in [0.1, 0.15) is 0 Å². The van der Waals surface area contributed by atoms with Gasteiger partial charge in [-0.05, 0) is 44.4 Å². The average molecular weight is 288 g/mol. The van der Waals surface area contributed by atoms with Crippen LogP contribution in [0.4, 0.5) is 0 Å². The van der Waals surface area contributed by atoms with Crippen LogP contribution in [-0.2, 0) is 6.54 Å². The number of nitrogens with zero attached hydrogens (tertiary/aromatic N) is 4. The largest absolute Gasteiger partial charge is 0.396 e. The molecule has 0 unspecified atom stereocenters. The maximum Gasteiger partial charge on any atom is 0.241 e. The van der Waals surface area contributed by atoms with Crippen LogP contribution in [0, 0.1) is 0 Å². The van der Waals surface area contributed by atoms with Crippen molar-refractivity contribution in [3.8, 4) is 11.4 Å². The van der Waals surface area contributed by atoms with E-state index in [1.54, 1.807) is 12.4 Å². The number of aliphatic hydroxyl groups is 1. The van der Waals surface area contributed by atoms with Crippen molar-refractivity contribution in [3.63, 3.8) is 0 Å². The van der Waals surface area contributed by atoms with Crippen molar-refractivity contribution in [1.82, 2.24) is 20.0 Å². The summed E-state index contributed by atoms with van der Waals surface area (Å²) < 4.78 is 5.35. The van der Waals surface area contributed by atoms with Gasteiger partial charge in [0, 0.05) is 30.6 Å². The Morgan fingerprint density at radius 3 is 2.95 bits per heavy atom. The van der Waals surface area contributed by atoms with E-state index < -0.39 is 0 Å². The van der Waals surface area contributed by atoms with Gasteiger partial charge >= 0.3 is 0 Å². The summed E-state index contributed by atoms with van der Waals surface area (Å²) in [6.07, 6.45) is 7.77. The smallest absolute Gasteiger partial charge is 0.241 e. The number of aromatic nitrogens is 3. The zero-order valence-electron chi connectivity index (χ0n) is 12.0. The molecule has 0 spiro atoms. The molecular formula is C15H20N4O2. The SMILES string of the molecule is OCCCCN(Cc1nc(-c2cccnc2)no1)C1CC1. The lowest BCUT2D eigenvalue weighted by molar-refractivity contribution is 0.203. The number of hydrogen-bond acceptors (Lipinski definition) is 6. The van der Waals surface area contributed by atoms with Gasteiger partial charge in [-0.1, -0.05) is 5.16 Å². The third-order valence-corrected chi connectivity index (χ3v) is 3.64. The molecule has 0 aromatic carbocycles. The molecule has 0 atom stereocenters. The van der Waals surface area contributed by atoms with Crippen molar-refractivity contribution in [2.45, 2.75) is 38.3 Å². The van der Waals surface area contributed by atoms with E-state index in [-0.39, 0.29) is 6.61 Å². The molecule has 21 heavy (non-hydrogen) atoms. The van der Waals surface area contributed by atoms with Crippen LogP contribution in [-0.4, -0.2) is 44.3 Å². The first-order valence-electron chi connectivity index (χ1n) is 7.44.